The largest absolute Gasteiger partial charge is 0.492 e. The molecule has 1 aromatic heterocycles. The first-order chi connectivity index (χ1) is 10.1. The van der Waals surface area contributed by atoms with E-state index in [1.807, 2.05) is 0 Å². The summed E-state index contributed by atoms with van der Waals surface area (Å²) in [6.07, 6.45) is 1.70. The Morgan fingerprint density at radius 2 is 2.14 bits per heavy atom. The van der Waals surface area contributed by atoms with Gasteiger partial charge in [0.15, 0.2) is 0 Å². The SMILES string of the molecule is NNC(=O)c1cccc(OCCn2cc(Br)ccc2=O)c1. The van der Waals surface area contributed by atoms with Gasteiger partial charge in [-0.1, -0.05) is 6.07 Å². The molecule has 0 aliphatic carbocycles. The normalized spacial score (nSPS) is 10.2. The summed E-state index contributed by atoms with van der Waals surface area (Å²) in [6.45, 7) is 0.718. The molecule has 110 valence electrons. The number of nitrogens with two attached hydrogens (primary N) is 1. The minimum atomic E-state index is -0.386. The Bertz CT molecular complexity index is 700. The molecule has 1 heterocycles. The average Bonchev–Trinajstić information content (AvgIpc) is 2.50. The van der Waals surface area contributed by atoms with Gasteiger partial charge in [0.1, 0.15) is 12.4 Å². The third kappa shape index (κ3) is 4.17. The highest BCUT2D eigenvalue weighted by Gasteiger charge is 2.04. The number of aromatic nitrogens is 1. The lowest BCUT2D eigenvalue weighted by atomic mass is 10.2. The van der Waals surface area contributed by atoms with Crippen LogP contribution in [0.25, 0.3) is 0 Å². The standard InChI is InChI=1S/C14H14BrN3O3/c15-11-4-5-13(19)18(9-11)6-7-21-12-3-1-2-10(8-12)14(20)17-16/h1-5,8-9H,6-7,16H2,(H,17,20). The molecule has 2 aromatic rings. The first kappa shape index (κ1) is 15.3. The maximum Gasteiger partial charge on any atom is 0.265 e. The molecule has 0 bridgehead atoms. The molecular formula is C14H14BrN3O3. The number of hydrogen-bond acceptors (Lipinski definition) is 4. The molecule has 3 N–H and O–H groups in total. The Hall–Kier alpha value is -2.12. The van der Waals surface area contributed by atoms with Crippen LogP contribution in [0.2, 0.25) is 0 Å². The number of carbonyl (C=O) groups is 1. The van der Waals surface area contributed by atoms with E-state index in [1.54, 1.807) is 41.1 Å². The van der Waals surface area contributed by atoms with E-state index in [1.165, 1.54) is 6.07 Å². The number of hydrazine groups is 1. The van der Waals surface area contributed by atoms with E-state index < -0.39 is 0 Å². The number of nitrogens with one attached hydrogen (secondary N) is 1. The van der Waals surface area contributed by atoms with Crippen LogP contribution in [0.1, 0.15) is 10.4 Å². The Kier molecular flexibility index (Phi) is 5.13. The fourth-order valence-corrected chi connectivity index (χ4v) is 2.13. The maximum absolute atomic E-state index is 11.6. The van der Waals surface area contributed by atoms with E-state index in [0.29, 0.717) is 24.5 Å². The highest BCUT2D eigenvalue weighted by Crippen LogP contribution is 2.13. The highest BCUT2D eigenvalue weighted by atomic mass is 79.9. The van der Waals surface area contributed by atoms with Gasteiger partial charge in [-0.15, -0.1) is 0 Å². The second-order valence-electron chi connectivity index (χ2n) is 4.23. The van der Waals surface area contributed by atoms with Gasteiger partial charge < -0.3 is 9.30 Å². The van der Waals surface area contributed by atoms with Gasteiger partial charge in [-0.2, -0.15) is 0 Å². The molecule has 0 spiro atoms. The second kappa shape index (κ2) is 7.05. The summed E-state index contributed by atoms with van der Waals surface area (Å²) < 4.78 is 7.91. The van der Waals surface area contributed by atoms with Crippen LogP contribution in [0.3, 0.4) is 0 Å². The molecule has 21 heavy (non-hydrogen) atoms. The predicted molar refractivity (Wildman–Crippen MR) is 82.0 cm³/mol. The first-order valence-corrected chi connectivity index (χ1v) is 6.99. The molecule has 0 aliphatic heterocycles. The first-order valence-electron chi connectivity index (χ1n) is 6.20. The Balaban J connectivity index is 1.99. The highest BCUT2D eigenvalue weighted by molar-refractivity contribution is 9.10. The van der Waals surface area contributed by atoms with Gasteiger partial charge in [0.05, 0.1) is 6.54 Å². The quantitative estimate of drug-likeness (QED) is 0.482. The van der Waals surface area contributed by atoms with Crippen LogP contribution < -0.4 is 21.6 Å². The molecule has 0 radical (unpaired) electrons. The zero-order valence-corrected chi connectivity index (χ0v) is 12.7. The number of ether oxygens (including phenoxy) is 1. The zero-order chi connectivity index (χ0) is 15.2. The lowest BCUT2D eigenvalue weighted by molar-refractivity contribution is 0.0953. The molecule has 0 fully saturated rings. The smallest absolute Gasteiger partial charge is 0.265 e. The summed E-state index contributed by atoms with van der Waals surface area (Å²) in [5, 5.41) is 0. The average molecular weight is 352 g/mol. The minimum absolute atomic E-state index is 0.0990. The maximum atomic E-state index is 11.6. The molecule has 0 atom stereocenters. The van der Waals surface area contributed by atoms with E-state index in [4.69, 9.17) is 10.6 Å². The summed E-state index contributed by atoms with van der Waals surface area (Å²) in [5.41, 5.74) is 2.37. The Morgan fingerprint density at radius 3 is 2.90 bits per heavy atom. The van der Waals surface area contributed by atoms with Gasteiger partial charge in [0.2, 0.25) is 0 Å². The number of carbonyl (C=O) groups excluding carboxylic acids is 1. The fourth-order valence-electron chi connectivity index (χ4n) is 1.75. The monoisotopic (exact) mass is 351 g/mol. The molecule has 6 nitrogen and oxygen atoms in total. The van der Waals surface area contributed by atoms with Crippen molar-refractivity contribution in [2.45, 2.75) is 6.54 Å². The molecule has 0 saturated carbocycles. The van der Waals surface area contributed by atoms with Crippen molar-refractivity contribution in [1.29, 1.82) is 0 Å². The number of rotatable bonds is 5. The van der Waals surface area contributed by atoms with Gasteiger partial charge in [-0.25, -0.2) is 5.84 Å². The van der Waals surface area contributed by atoms with E-state index in [-0.39, 0.29) is 11.5 Å². The van der Waals surface area contributed by atoms with Crippen LogP contribution in [0.15, 0.2) is 51.9 Å². The number of nitrogens with zero attached hydrogens (tertiary/aromatic N) is 1. The summed E-state index contributed by atoms with van der Waals surface area (Å²) in [5.74, 6) is 5.23. The van der Waals surface area contributed by atoms with Gasteiger partial charge in [0.25, 0.3) is 11.5 Å². The molecule has 1 aromatic carbocycles. The molecule has 2 rings (SSSR count). The zero-order valence-electron chi connectivity index (χ0n) is 11.1. The van der Waals surface area contributed by atoms with Crippen molar-refractivity contribution in [3.05, 3.63) is 63.0 Å². The predicted octanol–water partition coefficient (Wildman–Crippen LogP) is 1.29. The third-order valence-corrected chi connectivity index (χ3v) is 3.24. The van der Waals surface area contributed by atoms with Crippen molar-refractivity contribution in [3.63, 3.8) is 0 Å². The number of halogens is 1. The second-order valence-corrected chi connectivity index (χ2v) is 5.14. The molecule has 7 heteroatoms. The third-order valence-electron chi connectivity index (χ3n) is 2.78. The van der Waals surface area contributed by atoms with E-state index in [2.05, 4.69) is 21.4 Å². The van der Waals surface area contributed by atoms with Crippen LogP contribution in [0.4, 0.5) is 0 Å². The van der Waals surface area contributed by atoms with Crippen molar-refractivity contribution >= 4 is 21.8 Å². The summed E-state index contributed by atoms with van der Waals surface area (Å²) in [4.78, 5) is 23.0. The summed E-state index contributed by atoms with van der Waals surface area (Å²) in [6, 6.07) is 9.83. The number of pyridine rings is 1. The number of amides is 1. The molecular weight excluding hydrogens is 338 g/mol. The van der Waals surface area contributed by atoms with Gasteiger partial charge >= 0.3 is 0 Å². The Labute approximate surface area is 129 Å². The van der Waals surface area contributed by atoms with Crippen LogP contribution in [-0.2, 0) is 6.54 Å². The molecule has 0 saturated heterocycles. The topological polar surface area (TPSA) is 86.3 Å². The van der Waals surface area contributed by atoms with E-state index in [9.17, 15) is 9.59 Å². The van der Waals surface area contributed by atoms with Crippen molar-refractivity contribution in [2.75, 3.05) is 6.61 Å². The van der Waals surface area contributed by atoms with E-state index in [0.717, 1.165) is 4.47 Å². The molecule has 1 amide bonds. The fraction of sp³-hybridized carbons (Fsp3) is 0.143. The van der Waals surface area contributed by atoms with Crippen molar-refractivity contribution in [3.8, 4) is 5.75 Å². The molecule has 0 unspecified atom stereocenters. The van der Waals surface area contributed by atoms with Crippen LogP contribution in [0, 0.1) is 0 Å². The number of hydrogen-bond donors (Lipinski definition) is 2. The van der Waals surface area contributed by atoms with Crippen LogP contribution in [-0.4, -0.2) is 17.1 Å². The van der Waals surface area contributed by atoms with Crippen molar-refractivity contribution in [2.24, 2.45) is 5.84 Å². The van der Waals surface area contributed by atoms with Crippen LogP contribution >= 0.6 is 15.9 Å². The summed E-state index contributed by atoms with van der Waals surface area (Å²) >= 11 is 3.31. The number of benzene rings is 1. The van der Waals surface area contributed by atoms with E-state index >= 15 is 0 Å². The van der Waals surface area contributed by atoms with Gasteiger partial charge in [0, 0.05) is 22.3 Å². The number of nitrogen functional groups attached to an aromatic ring is 1. The van der Waals surface area contributed by atoms with Crippen LogP contribution in [0.5, 0.6) is 5.75 Å². The van der Waals surface area contributed by atoms with Crippen molar-refractivity contribution < 1.29 is 9.53 Å². The minimum Gasteiger partial charge on any atom is -0.492 e. The van der Waals surface area contributed by atoms with Gasteiger partial charge in [-0.3, -0.25) is 15.0 Å². The lowest BCUT2D eigenvalue weighted by Crippen LogP contribution is -2.29. The van der Waals surface area contributed by atoms with Gasteiger partial charge in [-0.05, 0) is 40.2 Å². The lowest BCUT2D eigenvalue weighted by Gasteiger charge is -2.09. The summed E-state index contributed by atoms with van der Waals surface area (Å²) in [7, 11) is 0. The molecule has 0 aliphatic rings. The Morgan fingerprint density at radius 1 is 1.33 bits per heavy atom. The van der Waals surface area contributed by atoms with Crippen molar-refractivity contribution in [1.82, 2.24) is 9.99 Å².